The molecule has 51 heavy (non-hydrogen) atoms. The number of nitrogens with one attached hydrogen (secondary N) is 2. The number of aliphatic hydroxyl groups excluding tert-OH is 1. The SMILES string of the molecule is C[C@H]1CCCCN1c1nnc2ccc(O[C@@H]3CC[C@H](NC(=O)Nc4cc(C(C)(C)C)nn4-c4ccc(F)c(OCCO)c4)c4ccccc43)cn12. The van der Waals surface area contributed by atoms with Gasteiger partial charge in [0, 0.05) is 30.1 Å². The lowest BCUT2D eigenvalue weighted by Gasteiger charge is -2.33. The fraction of sp³-hybridized carbons (Fsp3) is 0.421. The van der Waals surface area contributed by atoms with Crippen LogP contribution in [0.3, 0.4) is 0 Å². The van der Waals surface area contributed by atoms with Crippen molar-refractivity contribution in [1.29, 1.82) is 0 Å². The Morgan fingerprint density at radius 2 is 1.84 bits per heavy atom. The lowest BCUT2D eigenvalue weighted by molar-refractivity contribution is 0.171. The number of piperidine rings is 1. The summed E-state index contributed by atoms with van der Waals surface area (Å²) in [6.07, 6.45) is 6.63. The molecular weight excluding hydrogens is 651 g/mol. The van der Waals surface area contributed by atoms with E-state index in [4.69, 9.17) is 19.7 Å². The van der Waals surface area contributed by atoms with E-state index in [0.717, 1.165) is 53.6 Å². The Balaban J connectivity index is 1.09. The largest absolute Gasteiger partial charge is 0.488 e. The molecule has 1 fully saturated rings. The summed E-state index contributed by atoms with van der Waals surface area (Å²) in [7, 11) is 0. The Labute approximate surface area is 296 Å². The molecule has 2 amide bonds. The van der Waals surface area contributed by atoms with Crippen LogP contribution in [0.15, 0.2) is 66.9 Å². The molecule has 1 saturated heterocycles. The van der Waals surface area contributed by atoms with Gasteiger partial charge in [-0.15, -0.1) is 10.2 Å². The lowest BCUT2D eigenvalue weighted by atomic mass is 9.85. The van der Waals surface area contributed by atoms with Crippen LogP contribution in [0.5, 0.6) is 11.5 Å². The van der Waals surface area contributed by atoms with Crippen molar-refractivity contribution in [2.75, 3.05) is 30.0 Å². The molecule has 5 aromatic rings. The summed E-state index contributed by atoms with van der Waals surface area (Å²) in [5.41, 5.74) is 3.71. The van der Waals surface area contributed by atoms with Crippen molar-refractivity contribution in [3.63, 3.8) is 0 Å². The minimum absolute atomic E-state index is 0.0148. The van der Waals surface area contributed by atoms with Gasteiger partial charge in [-0.1, -0.05) is 45.0 Å². The zero-order valence-corrected chi connectivity index (χ0v) is 29.5. The third-order valence-electron chi connectivity index (χ3n) is 9.66. The number of halogens is 1. The van der Waals surface area contributed by atoms with Gasteiger partial charge < -0.3 is 24.8 Å². The number of anilines is 2. The normalized spacial score (nSPS) is 19.1. The van der Waals surface area contributed by atoms with Gasteiger partial charge in [0.25, 0.3) is 0 Å². The predicted octanol–water partition coefficient (Wildman–Crippen LogP) is 6.88. The van der Waals surface area contributed by atoms with Crippen molar-refractivity contribution in [2.45, 2.75) is 83.4 Å². The van der Waals surface area contributed by atoms with E-state index in [9.17, 15) is 9.18 Å². The third-order valence-corrected chi connectivity index (χ3v) is 9.66. The number of amides is 2. The van der Waals surface area contributed by atoms with Crippen molar-refractivity contribution in [3.05, 3.63) is 89.5 Å². The molecule has 0 radical (unpaired) electrons. The van der Waals surface area contributed by atoms with Crippen molar-refractivity contribution in [2.24, 2.45) is 0 Å². The van der Waals surface area contributed by atoms with Crippen molar-refractivity contribution >= 4 is 23.4 Å². The van der Waals surface area contributed by atoms with E-state index >= 15 is 0 Å². The molecule has 1 aliphatic heterocycles. The Morgan fingerprint density at radius 3 is 2.63 bits per heavy atom. The number of hydrogen-bond donors (Lipinski definition) is 3. The van der Waals surface area contributed by atoms with E-state index in [1.54, 1.807) is 10.7 Å². The van der Waals surface area contributed by atoms with Crippen LogP contribution in [-0.2, 0) is 5.41 Å². The number of pyridine rings is 1. The maximum atomic E-state index is 14.5. The first-order valence-corrected chi connectivity index (χ1v) is 17.7. The number of carbonyl (C=O) groups excluding carboxylic acids is 1. The second-order valence-corrected chi connectivity index (χ2v) is 14.4. The number of ether oxygens (including phenoxy) is 2. The van der Waals surface area contributed by atoms with E-state index in [-0.39, 0.29) is 36.5 Å². The van der Waals surface area contributed by atoms with Gasteiger partial charge in [0.15, 0.2) is 17.2 Å². The van der Waals surface area contributed by atoms with Crippen LogP contribution in [0.4, 0.5) is 21.0 Å². The molecule has 0 bridgehead atoms. The Morgan fingerprint density at radius 1 is 1.02 bits per heavy atom. The van der Waals surface area contributed by atoms with Gasteiger partial charge in [-0.2, -0.15) is 5.10 Å². The number of fused-ring (bicyclic) bond motifs is 2. The molecule has 3 atom stereocenters. The van der Waals surface area contributed by atoms with Crippen LogP contribution in [0, 0.1) is 5.82 Å². The summed E-state index contributed by atoms with van der Waals surface area (Å²) in [5.74, 6) is 1.42. The van der Waals surface area contributed by atoms with Crippen LogP contribution in [0.1, 0.15) is 88.8 Å². The maximum absolute atomic E-state index is 14.5. The van der Waals surface area contributed by atoms with Crippen LogP contribution >= 0.6 is 0 Å². The Kier molecular flexibility index (Phi) is 9.56. The second-order valence-electron chi connectivity index (χ2n) is 14.4. The van der Waals surface area contributed by atoms with E-state index in [1.807, 2.05) is 67.8 Å². The smallest absolute Gasteiger partial charge is 0.320 e. The highest BCUT2D eigenvalue weighted by molar-refractivity contribution is 5.89. The highest BCUT2D eigenvalue weighted by atomic mass is 19.1. The molecule has 0 unspecified atom stereocenters. The van der Waals surface area contributed by atoms with Gasteiger partial charge in [0.05, 0.1) is 30.2 Å². The second kappa shape index (κ2) is 14.2. The molecule has 2 aromatic carbocycles. The highest BCUT2D eigenvalue weighted by Gasteiger charge is 2.31. The maximum Gasteiger partial charge on any atom is 0.320 e. The van der Waals surface area contributed by atoms with Gasteiger partial charge in [0.2, 0.25) is 5.95 Å². The lowest BCUT2D eigenvalue weighted by Crippen LogP contribution is -2.38. The molecule has 7 rings (SSSR count). The third kappa shape index (κ3) is 7.21. The molecule has 12 nitrogen and oxygen atoms in total. The summed E-state index contributed by atoms with van der Waals surface area (Å²) >= 11 is 0. The van der Waals surface area contributed by atoms with Gasteiger partial charge in [-0.05, 0) is 74.4 Å². The van der Waals surface area contributed by atoms with Crippen LogP contribution in [0.2, 0.25) is 0 Å². The number of nitrogens with zero attached hydrogens (tertiary/aromatic N) is 6. The predicted molar refractivity (Wildman–Crippen MR) is 192 cm³/mol. The Hall–Kier alpha value is -5.17. The Bertz CT molecular complexity index is 2020. The van der Waals surface area contributed by atoms with E-state index < -0.39 is 11.8 Å². The quantitative estimate of drug-likeness (QED) is 0.152. The molecule has 0 saturated carbocycles. The number of urea groups is 1. The average molecular weight is 697 g/mol. The number of aliphatic hydroxyl groups is 1. The fourth-order valence-corrected chi connectivity index (χ4v) is 6.94. The molecule has 268 valence electrons. The molecular formula is C38H45FN8O4. The van der Waals surface area contributed by atoms with E-state index in [0.29, 0.717) is 30.4 Å². The standard InChI is InChI=1S/C38H45FN8O4/c1-24-9-7-8-18-45(24)37-43-42-34-17-13-26(23-46(34)37)51-31-16-15-30(27-10-5-6-11-28(27)31)40-36(49)41-35-22-33(38(2,3)4)44-47(35)25-12-14-29(39)32(21-25)50-20-19-48/h5-6,10-14,17,21-24,30-31,48H,7-9,15-16,18-20H2,1-4H3,(H2,40,41,49)/t24-,30-,31+/m0/s1. The summed E-state index contributed by atoms with van der Waals surface area (Å²) in [6.45, 7) is 8.98. The van der Waals surface area contributed by atoms with Crippen LogP contribution in [0.25, 0.3) is 11.3 Å². The van der Waals surface area contributed by atoms with Crippen LogP contribution < -0.4 is 25.0 Å². The molecule has 0 spiro atoms. The van der Waals surface area contributed by atoms with Crippen LogP contribution in [-0.4, -0.2) is 61.3 Å². The first kappa shape index (κ1) is 34.3. The monoisotopic (exact) mass is 696 g/mol. The van der Waals surface area contributed by atoms with Crippen molar-refractivity contribution < 1.29 is 23.8 Å². The van der Waals surface area contributed by atoms with Gasteiger partial charge >= 0.3 is 6.03 Å². The molecule has 3 aromatic heterocycles. The summed E-state index contributed by atoms with van der Waals surface area (Å²) < 4.78 is 30.1. The fourth-order valence-electron chi connectivity index (χ4n) is 6.94. The van der Waals surface area contributed by atoms with Crippen molar-refractivity contribution in [1.82, 2.24) is 29.7 Å². The average Bonchev–Trinajstić information content (AvgIpc) is 3.74. The highest BCUT2D eigenvalue weighted by Crippen LogP contribution is 2.39. The molecule has 1 aliphatic carbocycles. The minimum Gasteiger partial charge on any atom is -0.488 e. The van der Waals surface area contributed by atoms with Gasteiger partial charge in [0.1, 0.15) is 24.3 Å². The van der Waals surface area contributed by atoms with E-state index in [1.165, 1.54) is 18.6 Å². The number of benzene rings is 2. The summed E-state index contributed by atoms with van der Waals surface area (Å²) in [6, 6.07) is 17.8. The first-order valence-electron chi connectivity index (χ1n) is 17.7. The van der Waals surface area contributed by atoms with E-state index in [2.05, 4.69) is 38.7 Å². The zero-order chi connectivity index (χ0) is 35.7. The summed E-state index contributed by atoms with van der Waals surface area (Å²) in [5, 5.41) is 29.0. The number of carbonyl (C=O) groups is 1. The minimum atomic E-state index is -0.558. The molecule has 2 aliphatic rings. The first-order chi connectivity index (χ1) is 24.6. The van der Waals surface area contributed by atoms with Gasteiger partial charge in [-0.25, -0.2) is 13.9 Å². The topological polar surface area (TPSA) is 131 Å². The molecule has 3 N–H and O–H groups in total. The van der Waals surface area contributed by atoms with Gasteiger partial charge in [-0.3, -0.25) is 9.72 Å². The number of aromatic nitrogens is 5. The van der Waals surface area contributed by atoms with Crippen molar-refractivity contribution in [3.8, 4) is 17.2 Å². The zero-order valence-electron chi connectivity index (χ0n) is 29.5. The molecule has 4 heterocycles. The molecule has 13 heteroatoms. The number of hydrogen-bond acceptors (Lipinski definition) is 8. The number of rotatable bonds is 9. The summed E-state index contributed by atoms with van der Waals surface area (Å²) in [4.78, 5) is 16.0.